The summed E-state index contributed by atoms with van der Waals surface area (Å²) in [4.78, 5) is 30.7. The molecule has 162 valence electrons. The Labute approximate surface area is 185 Å². The van der Waals surface area contributed by atoms with Crippen molar-refractivity contribution in [2.75, 3.05) is 5.06 Å². The maximum atomic E-state index is 13.2. The molecule has 0 radical (unpaired) electrons. The molecule has 0 atom stereocenters. The number of benzene rings is 2. The summed E-state index contributed by atoms with van der Waals surface area (Å²) in [6.45, 7) is 1.84. The third-order valence-electron chi connectivity index (χ3n) is 4.24. The molecule has 1 N–H and O–H groups in total. The molecule has 31 heavy (non-hydrogen) atoms. The second kappa shape index (κ2) is 10.3. The maximum absolute atomic E-state index is 13.2. The molecule has 1 heterocycles. The van der Waals surface area contributed by atoms with Crippen LogP contribution in [0.25, 0.3) is 0 Å². The number of carbonyl (C=O) groups excluding carboxylic acids is 2. The minimum atomic E-state index is -4.22. The average molecular weight is 459 g/mol. The lowest BCUT2D eigenvalue weighted by Crippen LogP contribution is -2.35. The van der Waals surface area contributed by atoms with Gasteiger partial charge in [0.25, 0.3) is 15.9 Å². The summed E-state index contributed by atoms with van der Waals surface area (Å²) in [6, 6.07) is 16.2. The van der Waals surface area contributed by atoms with Gasteiger partial charge < -0.3 is 0 Å². The first kappa shape index (κ1) is 22.7. The van der Waals surface area contributed by atoms with Gasteiger partial charge in [-0.25, -0.2) is 13.1 Å². The van der Waals surface area contributed by atoms with Gasteiger partial charge in [0.05, 0.1) is 5.69 Å². The van der Waals surface area contributed by atoms with Gasteiger partial charge in [0.1, 0.15) is 11.5 Å². The topological polar surface area (TPSA) is 92.8 Å². The molecule has 2 aromatic carbocycles. The molecule has 0 fully saturated rings. The highest BCUT2D eigenvalue weighted by atomic mass is 32.2. The number of para-hydroxylation sites is 1. The molecule has 0 saturated heterocycles. The lowest BCUT2D eigenvalue weighted by molar-refractivity contribution is -0.119. The molecule has 3 rings (SSSR count). The number of rotatable bonds is 9. The van der Waals surface area contributed by atoms with Gasteiger partial charge in [-0.15, -0.1) is 0 Å². The second-order valence-electron chi connectivity index (χ2n) is 6.62. The van der Waals surface area contributed by atoms with Gasteiger partial charge in [-0.05, 0) is 53.1 Å². The SMILES string of the molecule is CCCC(=O)NS(=O)(=O)c1ccccc1N(OCc1ccsc1)C(=O)c1ccccc1. The first-order valence-corrected chi connectivity index (χ1v) is 12.0. The number of hydrogen-bond donors (Lipinski definition) is 1. The number of nitrogens with zero attached hydrogens (tertiary/aromatic N) is 1. The number of hydroxylamine groups is 1. The lowest BCUT2D eigenvalue weighted by Gasteiger charge is -2.24. The summed E-state index contributed by atoms with van der Waals surface area (Å²) >= 11 is 1.48. The molecule has 0 unspecified atom stereocenters. The van der Waals surface area contributed by atoms with Crippen molar-refractivity contribution in [2.45, 2.75) is 31.3 Å². The number of anilines is 1. The van der Waals surface area contributed by atoms with E-state index >= 15 is 0 Å². The Morgan fingerprint density at radius 2 is 1.74 bits per heavy atom. The van der Waals surface area contributed by atoms with Gasteiger partial charge in [0.2, 0.25) is 5.91 Å². The third kappa shape index (κ3) is 5.78. The Morgan fingerprint density at radius 1 is 1.03 bits per heavy atom. The van der Waals surface area contributed by atoms with Gasteiger partial charge in [-0.3, -0.25) is 14.4 Å². The van der Waals surface area contributed by atoms with Crippen LogP contribution in [0.4, 0.5) is 5.69 Å². The van der Waals surface area contributed by atoms with Crippen molar-refractivity contribution in [3.63, 3.8) is 0 Å². The Bertz CT molecular complexity index is 1130. The van der Waals surface area contributed by atoms with E-state index in [0.717, 1.165) is 10.6 Å². The standard InChI is InChI=1S/C22H22N2O5S2/c1-2-8-21(25)23-31(27,28)20-12-7-6-11-19(20)24(29-15-17-13-14-30-16-17)22(26)18-9-4-3-5-10-18/h3-7,9-14,16H,2,8,15H2,1H3,(H,23,25). The van der Waals surface area contributed by atoms with Gasteiger partial charge in [-0.2, -0.15) is 16.4 Å². The molecule has 0 aliphatic carbocycles. The summed E-state index contributed by atoms with van der Waals surface area (Å²) in [5.74, 6) is -1.14. The van der Waals surface area contributed by atoms with E-state index in [9.17, 15) is 18.0 Å². The quantitative estimate of drug-likeness (QED) is 0.487. The summed E-state index contributed by atoms with van der Waals surface area (Å²) < 4.78 is 27.9. The minimum absolute atomic E-state index is 0.0170. The van der Waals surface area contributed by atoms with Gasteiger partial charge in [-0.1, -0.05) is 37.3 Å². The van der Waals surface area contributed by atoms with E-state index in [2.05, 4.69) is 4.72 Å². The van der Waals surface area contributed by atoms with Crippen LogP contribution in [0.5, 0.6) is 0 Å². The molecular weight excluding hydrogens is 436 g/mol. The van der Waals surface area contributed by atoms with E-state index in [1.54, 1.807) is 43.3 Å². The number of amides is 2. The fourth-order valence-corrected chi connectivity index (χ4v) is 4.63. The Balaban J connectivity index is 2.00. The Morgan fingerprint density at radius 3 is 2.42 bits per heavy atom. The first-order valence-electron chi connectivity index (χ1n) is 9.60. The van der Waals surface area contributed by atoms with Crippen molar-refractivity contribution in [1.82, 2.24) is 4.72 Å². The molecule has 9 heteroatoms. The van der Waals surface area contributed by atoms with E-state index in [1.807, 2.05) is 16.8 Å². The Hall–Kier alpha value is -3.01. The molecule has 2 amide bonds. The van der Waals surface area contributed by atoms with Crippen molar-refractivity contribution in [3.8, 4) is 0 Å². The van der Waals surface area contributed by atoms with Crippen molar-refractivity contribution < 1.29 is 22.8 Å². The third-order valence-corrected chi connectivity index (χ3v) is 6.40. The van der Waals surface area contributed by atoms with Gasteiger partial charge in [0.15, 0.2) is 0 Å². The summed E-state index contributed by atoms with van der Waals surface area (Å²) in [7, 11) is -4.22. The molecule has 1 aromatic heterocycles. The van der Waals surface area contributed by atoms with E-state index in [0.29, 0.717) is 12.0 Å². The average Bonchev–Trinajstić information content (AvgIpc) is 3.28. The maximum Gasteiger partial charge on any atom is 0.282 e. The molecule has 0 saturated carbocycles. The molecule has 3 aromatic rings. The van der Waals surface area contributed by atoms with Gasteiger partial charge >= 0.3 is 0 Å². The van der Waals surface area contributed by atoms with Crippen molar-refractivity contribution >= 4 is 38.9 Å². The van der Waals surface area contributed by atoms with Crippen LogP contribution in [-0.2, 0) is 26.3 Å². The van der Waals surface area contributed by atoms with E-state index in [-0.39, 0.29) is 23.6 Å². The second-order valence-corrected chi connectivity index (χ2v) is 9.05. The molecule has 0 bridgehead atoms. The summed E-state index contributed by atoms with van der Waals surface area (Å²) in [5.41, 5.74) is 1.19. The van der Waals surface area contributed by atoms with Crippen LogP contribution >= 0.6 is 11.3 Å². The highest BCUT2D eigenvalue weighted by Crippen LogP contribution is 2.28. The summed E-state index contributed by atoms with van der Waals surface area (Å²) in [6.07, 6.45) is 0.577. The zero-order valence-corrected chi connectivity index (χ0v) is 18.5. The zero-order valence-electron chi connectivity index (χ0n) is 16.9. The van der Waals surface area contributed by atoms with Crippen LogP contribution in [0.15, 0.2) is 76.3 Å². The number of nitrogens with one attached hydrogen (secondary N) is 1. The zero-order chi connectivity index (χ0) is 22.3. The summed E-state index contributed by atoms with van der Waals surface area (Å²) in [5, 5.41) is 4.72. The normalized spacial score (nSPS) is 11.1. The number of sulfonamides is 1. The lowest BCUT2D eigenvalue weighted by atomic mass is 10.2. The molecule has 7 nitrogen and oxygen atoms in total. The van der Waals surface area contributed by atoms with Crippen LogP contribution in [0.2, 0.25) is 0 Å². The monoisotopic (exact) mass is 458 g/mol. The Kier molecular flexibility index (Phi) is 7.56. The number of thiophene rings is 1. The molecule has 0 spiro atoms. The molecular formula is C22H22N2O5S2. The van der Waals surface area contributed by atoms with Crippen LogP contribution in [0.3, 0.4) is 0 Å². The number of carbonyl (C=O) groups is 2. The van der Waals surface area contributed by atoms with E-state index in [1.165, 1.54) is 29.5 Å². The van der Waals surface area contributed by atoms with Crippen LogP contribution in [-0.4, -0.2) is 20.2 Å². The minimum Gasteiger partial charge on any atom is -0.274 e. The highest BCUT2D eigenvalue weighted by Gasteiger charge is 2.28. The smallest absolute Gasteiger partial charge is 0.274 e. The fourth-order valence-electron chi connectivity index (χ4n) is 2.78. The predicted molar refractivity (Wildman–Crippen MR) is 119 cm³/mol. The van der Waals surface area contributed by atoms with Crippen molar-refractivity contribution in [1.29, 1.82) is 0 Å². The first-order chi connectivity index (χ1) is 14.9. The van der Waals surface area contributed by atoms with Crippen LogP contribution in [0, 0.1) is 0 Å². The van der Waals surface area contributed by atoms with Crippen molar-refractivity contribution in [2.24, 2.45) is 0 Å². The van der Waals surface area contributed by atoms with Crippen LogP contribution in [0.1, 0.15) is 35.7 Å². The highest BCUT2D eigenvalue weighted by molar-refractivity contribution is 7.90. The van der Waals surface area contributed by atoms with Crippen LogP contribution < -0.4 is 9.79 Å². The van der Waals surface area contributed by atoms with Gasteiger partial charge in [0, 0.05) is 12.0 Å². The van der Waals surface area contributed by atoms with E-state index < -0.39 is 21.8 Å². The fraction of sp³-hybridized carbons (Fsp3) is 0.182. The molecule has 0 aliphatic heterocycles. The van der Waals surface area contributed by atoms with E-state index in [4.69, 9.17) is 4.84 Å². The predicted octanol–water partition coefficient (Wildman–Crippen LogP) is 4.13. The van der Waals surface area contributed by atoms with Crippen molar-refractivity contribution in [3.05, 3.63) is 82.6 Å². The largest absolute Gasteiger partial charge is 0.282 e. The molecule has 0 aliphatic rings. The number of hydrogen-bond acceptors (Lipinski definition) is 6.